The van der Waals surface area contributed by atoms with Crippen LogP contribution < -0.4 is 5.32 Å². The van der Waals surface area contributed by atoms with Gasteiger partial charge < -0.3 is 14.8 Å². The minimum Gasteiger partial charge on any atom is -0.463 e. The molecule has 1 heterocycles. The summed E-state index contributed by atoms with van der Waals surface area (Å²) >= 11 is 3.46. The first-order chi connectivity index (χ1) is 11.0. The van der Waals surface area contributed by atoms with Crippen LogP contribution in [-0.2, 0) is 14.3 Å². The fourth-order valence-corrected chi connectivity index (χ4v) is 2.98. The number of benzene rings is 1. The molecule has 0 spiro atoms. The molecule has 0 fully saturated rings. The molecule has 2 unspecified atom stereocenters. The predicted molar refractivity (Wildman–Crippen MR) is 89.5 cm³/mol. The number of hydrogen-bond donors (Lipinski definition) is 1. The lowest BCUT2D eigenvalue weighted by Gasteiger charge is -2.30. The van der Waals surface area contributed by atoms with E-state index in [1.54, 1.807) is 6.92 Å². The van der Waals surface area contributed by atoms with Gasteiger partial charge in [-0.2, -0.15) is 0 Å². The summed E-state index contributed by atoms with van der Waals surface area (Å²) in [5.74, 6) is -1.08. The highest BCUT2D eigenvalue weighted by atomic mass is 79.9. The van der Waals surface area contributed by atoms with Crippen LogP contribution in [-0.4, -0.2) is 37.5 Å². The van der Waals surface area contributed by atoms with Crippen molar-refractivity contribution in [3.8, 4) is 0 Å². The van der Waals surface area contributed by atoms with Gasteiger partial charge in [-0.25, -0.2) is 9.79 Å². The molecule has 1 aliphatic rings. The van der Waals surface area contributed by atoms with Crippen molar-refractivity contribution >= 4 is 33.6 Å². The molecule has 0 bridgehead atoms. The molecule has 1 aliphatic heterocycles. The van der Waals surface area contributed by atoms with Crippen molar-refractivity contribution in [1.29, 1.82) is 0 Å². The summed E-state index contributed by atoms with van der Waals surface area (Å²) in [6.45, 7) is 4.62. The Balaban J connectivity index is 2.21. The number of carbonyl (C=O) groups is 2. The van der Waals surface area contributed by atoms with Gasteiger partial charge in [0, 0.05) is 16.8 Å². The van der Waals surface area contributed by atoms with Crippen LogP contribution in [0.15, 0.2) is 33.7 Å². The fourth-order valence-electron chi connectivity index (χ4n) is 2.45. The molecule has 23 heavy (non-hydrogen) atoms. The molecule has 124 valence electrons. The Labute approximate surface area is 143 Å². The van der Waals surface area contributed by atoms with E-state index in [9.17, 15) is 9.59 Å². The number of halogens is 1. The number of hydrogen-bond acceptors (Lipinski definition) is 4. The molecule has 2 rings (SSSR count). The summed E-state index contributed by atoms with van der Waals surface area (Å²) in [4.78, 5) is 28.1. The maximum Gasteiger partial charge on any atom is 0.341 e. The number of aliphatic imine (C=N–C) groups is 1. The number of esters is 1. The Morgan fingerprint density at radius 2 is 2.09 bits per heavy atom. The topological polar surface area (TPSA) is 77.0 Å². The number of urea groups is 1. The summed E-state index contributed by atoms with van der Waals surface area (Å²) < 4.78 is 11.2. The van der Waals surface area contributed by atoms with Gasteiger partial charge in [-0.05, 0) is 25.5 Å². The molecule has 2 amide bonds. The van der Waals surface area contributed by atoms with Gasteiger partial charge in [0.15, 0.2) is 0 Å². The zero-order valence-electron chi connectivity index (χ0n) is 13.0. The quantitative estimate of drug-likeness (QED) is 0.606. The molecule has 2 atom stereocenters. The van der Waals surface area contributed by atoms with Crippen molar-refractivity contribution in [2.75, 3.05) is 19.8 Å². The molecule has 7 heteroatoms. The van der Waals surface area contributed by atoms with Crippen LogP contribution in [0, 0.1) is 5.92 Å². The van der Waals surface area contributed by atoms with E-state index < -0.39 is 24.0 Å². The maximum absolute atomic E-state index is 12.4. The first kappa shape index (κ1) is 17.6. The second-order valence-corrected chi connectivity index (χ2v) is 5.90. The zero-order chi connectivity index (χ0) is 16.8. The Morgan fingerprint density at radius 1 is 1.35 bits per heavy atom. The Kier molecular flexibility index (Phi) is 6.29. The molecule has 1 aromatic rings. The highest BCUT2D eigenvalue weighted by Crippen LogP contribution is 2.32. The Morgan fingerprint density at radius 3 is 2.78 bits per heavy atom. The molecule has 0 aliphatic carbocycles. The van der Waals surface area contributed by atoms with Crippen molar-refractivity contribution < 1.29 is 19.1 Å². The lowest BCUT2D eigenvalue weighted by atomic mass is 9.88. The van der Waals surface area contributed by atoms with E-state index in [1.807, 2.05) is 31.2 Å². The number of amides is 2. The van der Waals surface area contributed by atoms with Crippen LogP contribution in [0.5, 0.6) is 0 Å². The van der Waals surface area contributed by atoms with Crippen LogP contribution in [0.1, 0.15) is 25.5 Å². The van der Waals surface area contributed by atoms with Crippen molar-refractivity contribution in [3.05, 3.63) is 34.3 Å². The van der Waals surface area contributed by atoms with Gasteiger partial charge in [0.2, 0.25) is 0 Å². The van der Waals surface area contributed by atoms with E-state index in [4.69, 9.17) is 9.47 Å². The van der Waals surface area contributed by atoms with E-state index in [1.165, 1.54) is 0 Å². The normalized spacial score (nSPS) is 20.7. The SMILES string of the molecule is CCOCCOC(=O)C1C(C)=NC(=O)NC1c1ccccc1Br. The minimum absolute atomic E-state index is 0.174. The van der Waals surface area contributed by atoms with Crippen molar-refractivity contribution in [2.24, 2.45) is 10.9 Å². The van der Waals surface area contributed by atoms with Gasteiger partial charge in [0.1, 0.15) is 12.5 Å². The second kappa shape index (κ2) is 8.21. The third-order valence-corrected chi connectivity index (χ3v) is 4.23. The smallest absolute Gasteiger partial charge is 0.341 e. The molecule has 1 aromatic carbocycles. The van der Waals surface area contributed by atoms with Crippen LogP contribution in [0.2, 0.25) is 0 Å². The molecule has 0 aromatic heterocycles. The molecule has 6 nitrogen and oxygen atoms in total. The van der Waals surface area contributed by atoms with Crippen molar-refractivity contribution in [3.63, 3.8) is 0 Å². The third-order valence-electron chi connectivity index (χ3n) is 3.51. The number of rotatable bonds is 6. The summed E-state index contributed by atoms with van der Waals surface area (Å²) in [6, 6.07) is 6.46. The largest absolute Gasteiger partial charge is 0.463 e. The minimum atomic E-state index is -0.659. The predicted octanol–water partition coefficient (Wildman–Crippen LogP) is 2.87. The molecule has 0 saturated heterocycles. The van der Waals surface area contributed by atoms with Gasteiger partial charge >= 0.3 is 12.0 Å². The first-order valence-corrected chi connectivity index (χ1v) is 8.18. The summed E-state index contributed by atoms with van der Waals surface area (Å²) in [5, 5.41) is 2.75. The number of nitrogens with zero attached hydrogens (tertiary/aromatic N) is 1. The van der Waals surface area contributed by atoms with E-state index >= 15 is 0 Å². The molecule has 0 saturated carbocycles. The highest BCUT2D eigenvalue weighted by molar-refractivity contribution is 9.10. The van der Waals surface area contributed by atoms with Crippen LogP contribution in [0.3, 0.4) is 0 Å². The third kappa shape index (κ3) is 4.39. The summed E-state index contributed by atoms with van der Waals surface area (Å²) in [5.41, 5.74) is 1.25. The highest BCUT2D eigenvalue weighted by Gasteiger charge is 2.38. The molecular formula is C16H19BrN2O4. The van der Waals surface area contributed by atoms with E-state index in [-0.39, 0.29) is 6.61 Å². The second-order valence-electron chi connectivity index (χ2n) is 5.04. The Hall–Kier alpha value is -1.73. The van der Waals surface area contributed by atoms with Gasteiger partial charge in [-0.1, -0.05) is 34.1 Å². The maximum atomic E-state index is 12.4. The van der Waals surface area contributed by atoms with E-state index in [0.717, 1.165) is 10.0 Å². The molecule has 1 N–H and O–H groups in total. The van der Waals surface area contributed by atoms with Gasteiger partial charge in [0.05, 0.1) is 12.6 Å². The molecular weight excluding hydrogens is 364 g/mol. The van der Waals surface area contributed by atoms with Crippen LogP contribution in [0.25, 0.3) is 0 Å². The average molecular weight is 383 g/mol. The number of ether oxygens (including phenoxy) is 2. The van der Waals surface area contributed by atoms with E-state index in [2.05, 4.69) is 26.2 Å². The lowest BCUT2D eigenvalue weighted by Crippen LogP contribution is -2.44. The van der Waals surface area contributed by atoms with Gasteiger partial charge in [0.25, 0.3) is 0 Å². The standard InChI is InChI=1S/C16H19BrN2O4/c1-3-22-8-9-23-15(20)13-10(2)18-16(21)19-14(13)11-6-4-5-7-12(11)17/h4-7,13-14H,3,8-9H2,1-2H3,(H,19,21). The van der Waals surface area contributed by atoms with Crippen LogP contribution in [0.4, 0.5) is 4.79 Å². The summed E-state index contributed by atoms with van der Waals surface area (Å²) in [7, 11) is 0. The monoisotopic (exact) mass is 382 g/mol. The summed E-state index contributed by atoms with van der Waals surface area (Å²) in [6.07, 6.45) is 0. The average Bonchev–Trinajstić information content (AvgIpc) is 2.51. The first-order valence-electron chi connectivity index (χ1n) is 7.39. The van der Waals surface area contributed by atoms with Crippen molar-refractivity contribution in [2.45, 2.75) is 19.9 Å². The van der Waals surface area contributed by atoms with Gasteiger partial charge in [-0.15, -0.1) is 0 Å². The van der Waals surface area contributed by atoms with Crippen molar-refractivity contribution in [1.82, 2.24) is 5.32 Å². The zero-order valence-corrected chi connectivity index (χ0v) is 14.6. The molecule has 0 radical (unpaired) electrons. The fraction of sp³-hybridized carbons (Fsp3) is 0.438. The van der Waals surface area contributed by atoms with Crippen LogP contribution >= 0.6 is 15.9 Å². The lowest BCUT2D eigenvalue weighted by molar-refractivity contribution is -0.148. The van der Waals surface area contributed by atoms with Gasteiger partial charge in [-0.3, -0.25) is 4.79 Å². The number of nitrogens with one attached hydrogen (secondary N) is 1. The Bertz CT molecular complexity index is 618. The van der Waals surface area contributed by atoms with E-state index in [0.29, 0.717) is 18.9 Å². The number of carbonyl (C=O) groups excluding carboxylic acids is 2.